The van der Waals surface area contributed by atoms with Crippen LogP contribution in [0.4, 0.5) is 0 Å². The van der Waals surface area contributed by atoms with Crippen molar-refractivity contribution in [1.29, 1.82) is 0 Å². The molecule has 0 aliphatic heterocycles. The maximum absolute atomic E-state index is 11.3. The van der Waals surface area contributed by atoms with Gasteiger partial charge in [-0.05, 0) is 23.8 Å². The van der Waals surface area contributed by atoms with E-state index in [0.717, 1.165) is 28.4 Å². The molecule has 0 unspecified atom stereocenters. The Kier molecular flexibility index (Phi) is 4.39. The van der Waals surface area contributed by atoms with Crippen LogP contribution >= 0.6 is 0 Å². The Morgan fingerprint density at radius 3 is 2.78 bits per heavy atom. The zero-order chi connectivity index (χ0) is 16.2. The summed E-state index contributed by atoms with van der Waals surface area (Å²) in [5, 5.41) is 2.12. The molecule has 5 heteroatoms. The van der Waals surface area contributed by atoms with Gasteiger partial charge in [0.1, 0.15) is 24.0 Å². The summed E-state index contributed by atoms with van der Waals surface area (Å²) < 4.78 is 12.8. The van der Waals surface area contributed by atoms with Gasteiger partial charge in [-0.15, -0.1) is 0 Å². The number of hydrogen-bond donors (Lipinski definition) is 0. The number of carbonyl (C=O) groups excluding carboxylic acids is 1. The highest BCUT2D eigenvalue weighted by atomic mass is 16.5. The molecule has 2 aromatic carbocycles. The van der Waals surface area contributed by atoms with Crippen LogP contribution in [-0.2, 0) is 11.5 Å². The monoisotopic (exact) mass is 310 g/mol. The molecule has 0 saturated carbocycles. The molecule has 3 aromatic rings. The number of benzene rings is 2. The van der Waals surface area contributed by atoms with Crippen LogP contribution in [0.5, 0.6) is 5.75 Å². The van der Waals surface area contributed by atoms with Crippen molar-refractivity contribution in [2.75, 3.05) is 13.7 Å². The molecule has 0 aliphatic rings. The molecule has 0 spiro atoms. The molecule has 0 bridgehead atoms. The minimum atomic E-state index is 0.248. The number of fused-ring (bicyclic) bond motifs is 1. The lowest BCUT2D eigenvalue weighted by Crippen LogP contribution is -2.07. The van der Waals surface area contributed by atoms with E-state index >= 15 is 0 Å². The molecule has 0 amide bonds. The first-order valence-corrected chi connectivity index (χ1v) is 7.44. The van der Waals surface area contributed by atoms with Crippen molar-refractivity contribution < 1.29 is 14.3 Å². The number of nitrogens with zero attached hydrogens (tertiary/aromatic N) is 2. The zero-order valence-corrected chi connectivity index (χ0v) is 13.2. The Morgan fingerprint density at radius 1 is 1.22 bits per heavy atom. The Bertz CT molecular complexity index is 839. The highest BCUT2D eigenvalue weighted by Gasteiger charge is 2.18. The Morgan fingerprint density at radius 2 is 2.04 bits per heavy atom. The topological polar surface area (TPSA) is 53.3 Å². The van der Waals surface area contributed by atoms with Crippen molar-refractivity contribution in [2.45, 2.75) is 13.7 Å². The van der Waals surface area contributed by atoms with Crippen LogP contribution in [0.1, 0.15) is 17.4 Å². The van der Waals surface area contributed by atoms with E-state index in [1.54, 1.807) is 17.9 Å². The van der Waals surface area contributed by atoms with Gasteiger partial charge in [-0.1, -0.05) is 30.3 Å². The third-order valence-corrected chi connectivity index (χ3v) is 3.68. The quantitative estimate of drug-likeness (QED) is 0.654. The van der Waals surface area contributed by atoms with Crippen molar-refractivity contribution in [1.82, 2.24) is 9.55 Å². The van der Waals surface area contributed by atoms with Gasteiger partial charge in [0.05, 0.1) is 18.4 Å². The maximum Gasteiger partial charge on any atom is 0.168 e. The first-order chi connectivity index (χ1) is 11.3. The summed E-state index contributed by atoms with van der Waals surface area (Å²) in [6.07, 6.45) is 2.33. The molecule has 0 N–H and O–H groups in total. The molecule has 1 aromatic heterocycles. The molecule has 3 rings (SSSR count). The van der Waals surface area contributed by atoms with Crippen molar-refractivity contribution in [3.8, 4) is 17.1 Å². The fourth-order valence-corrected chi connectivity index (χ4v) is 2.71. The lowest BCUT2D eigenvalue weighted by Gasteiger charge is -2.15. The molecule has 1 heterocycles. The van der Waals surface area contributed by atoms with Gasteiger partial charge in [0.25, 0.3) is 0 Å². The van der Waals surface area contributed by atoms with Crippen LogP contribution in [-0.4, -0.2) is 29.6 Å². The Balaban J connectivity index is 2.31. The molecular formula is C18H18N2O3. The lowest BCUT2D eigenvalue weighted by atomic mass is 10.0. The van der Waals surface area contributed by atoms with E-state index < -0.39 is 0 Å². The number of imidazole rings is 1. The molecular weight excluding hydrogens is 292 g/mol. The van der Waals surface area contributed by atoms with E-state index in [4.69, 9.17) is 9.47 Å². The summed E-state index contributed by atoms with van der Waals surface area (Å²) in [5.74, 6) is 1.40. The molecule has 0 saturated heterocycles. The maximum atomic E-state index is 11.3. The van der Waals surface area contributed by atoms with Gasteiger partial charge in [-0.3, -0.25) is 9.36 Å². The number of rotatable bonds is 6. The fraction of sp³-hybridized carbons (Fsp3) is 0.222. The SMILES string of the molecule is CCOc1ccc2ccccc2c1-c1ncc(C=O)n1COC. The normalized spacial score (nSPS) is 10.9. The van der Waals surface area contributed by atoms with Crippen LogP contribution < -0.4 is 4.74 Å². The summed E-state index contributed by atoms with van der Waals surface area (Å²) in [4.78, 5) is 15.7. The van der Waals surface area contributed by atoms with E-state index in [-0.39, 0.29) is 6.73 Å². The van der Waals surface area contributed by atoms with E-state index in [9.17, 15) is 4.79 Å². The fourth-order valence-electron chi connectivity index (χ4n) is 2.71. The van der Waals surface area contributed by atoms with Crippen molar-refractivity contribution in [3.63, 3.8) is 0 Å². The van der Waals surface area contributed by atoms with Gasteiger partial charge in [-0.25, -0.2) is 4.98 Å². The molecule has 23 heavy (non-hydrogen) atoms. The predicted molar refractivity (Wildman–Crippen MR) is 88.7 cm³/mol. The number of ether oxygens (including phenoxy) is 2. The summed E-state index contributed by atoms with van der Waals surface area (Å²) in [6, 6.07) is 12.0. The van der Waals surface area contributed by atoms with Gasteiger partial charge in [0, 0.05) is 7.11 Å². The summed E-state index contributed by atoms with van der Waals surface area (Å²) in [5.41, 5.74) is 1.34. The van der Waals surface area contributed by atoms with Crippen LogP contribution in [0, 0.1) is 0 Å². The van der Waals surface area contributed by atoms with Crippen LogP contribution in [0.2, 0.25) is 0 Å². The number of hydrogen-bond acceptors (Lipinski definition) is 4. The third-order valence-electron chi connectivity index (χ3n) is 3.68. The Hall–Kier alpha value is -2.66. The van der Waals surface area contributed by atoms with Crippen molar-refractivity contribution in [2.24, 2.45) is 0 Å². The second-order valence-corrected chi connectivity index (χ2v) is 5.06. The van der Waals surface area contributed by atoms with Crippen molar-refractivity contribution in [3.05, 3.63) is 48.3 Å². The molecule has 0 aliphatic carbocycles. The highest BCUT2D eigenvalue weighted by molar-refractivity contribution is 5.98. The van der Waals surface area contributed by atoms with E-state index in [0.29, 0.717) is 18.1 Å². The zero-order valence-electron chi connectivity index (χ0n) is 13.2. The Labute approximate surface area is 134 Å². The second kappa shape index (κ2) is 6.62. The van der Waals surface area contributed by atoms with Gasteiger partial charge >= 0.3 is 0 Å². The molecule has 0 fully saturated rings. The van der Waals surface area contributed by atoms with E-state index in [1.165, 1.54) is 0 Å². The lowest BCUT2D eigenvalue weighted by molar-refractivity contribution is 0.107. The van der Waals surface area contributed by atoms with Crippen molar-refractivity contribution >= 4 is 17.1 Å². The minimum absolute atomic E-state index is 0.248. The van der Waals surface area contributed by atoms with Crippen LogP contribution in [0.3, 0.4) is 0 Å². The summed E-state index contributed by atoms with van der Waals surface area (Å²) in [6.45, 7) is 2.74. The second-order valence-electron chi connectivity index (χ2n) is 5.06. The number of aldehydes is 1. The largest absolute Gasteiger partial charge is 0.493 e. The van der Waals surface area contributed by atoms with E-state index in [2.05, 4.69) is 4.98 Å². The standard InChI is InChI=1S/C18H18N2O3/c1-3-23-16-9-8-13-6-4-5-7-15(13)17(16)18-19-10-14(11-21)20(18)12-22-2/h4-11H,3,12H2,1-2H3. The molecule has 0 atom stereocenters. The summed E-state index contributed by atoms with van der Waals surface area (Å²) >= 11 is 0. The molecule has 0 radical (unpaired) electrons. The predicted octanol–water partition coefficient (Wildman–Crippen LogP) is 3.52. The third kappa shape index (κ3) is 2.71. The van der Waals surface area contributed by atoms with Crippen LogP contribution in [0.25, 0.3) is 22.2 Å². The highest BCUT2D eigenvalue weighted by Crippen LogP contribution is 2.36. The van der Waals surface area contributed by atoms with Gasteiger partial charge in [0.2, 0.25) is 0 Å². The smallest absolute Gasteiger partial charge is 0.168 e. The molecule has 118 valence electrons. The van der Waals surface area contributed by atoms with Gasteiger partial charge < -0.3 is 9.47 Å². The average molecular weight is 310 g/mol. The number of methoxy groups -OCH3 is 1. The minimum Gasteiger partial charge on any atom is -0.493 e. The van der Waals surface area contributed by atoms with Gasteiger partial charge in [0.15, 0.2) is 6.29 Å². The van der Waals surface area contributed by atoms with Gasteiger partial charge in [-0.2, -0.15) is 0 Å². The number of carbonyl (C=O) groups is 1. The first kappa shape index (κ1) is 15.2. The van der Waals surface area contributed by atoms with Crippen LogP contribution in [0.15, 0.2) is 42.6 Å². The summed E-state index contributed by atoms with van der Waals surface area (Å²) in [7, 11) is 1.59. The first-order valence-electron chi connectivity index (χ1n) is 7.44. The number of aromatic nitrogens is 2. The van der Waals surface area contributed by atoms with E-state index in [1.807, 2.05) is 43.3 Å². The molecule has 5 nitrogen and oxygen atoms in total. The average Bonchev–Trinajstić information content (AvgIpc) is 2.98.